The molecule has 1 aromatic carbocycles. The lowest BCUT2D eigenvalue weighted by atomic mass is 9.93. The Bertz CT molecular complexity index is 738. The largest absolute Gasteiger partial charge is 0.459 e. The summed E-state index contributed by atoms with van der Waals surface area (Å²) >= 11 is 6.08. The molecular formula is C18H18ClNO4. The molecule has 126 valence electrons. The van der Waals surface area contributed by atoms with Crippen LogP contribution in [0.1, 0.15) is 49.9 Å². The molecule has 0 radical (unpaired) electrons. The third kappa shape index (κ3) is 2.84. The first-order chi connectivity index (χ1) is 11.4. The molecule has 1 aromatic rings. The Morgan fingerprint density at radius 3 is 2.25 bits per heavy atom. The third-order valence-electron chi connectivity index (χ3n) is 4.16. The Kier molecular flexibility index (Phi) is 4.45. The zero-order valence-electron chi connectivity index (χ0n) is 13.6. The minimum atomic E-state index is -0.575. The van der Waals surface area contributed by atoms with E-state index in [0.29, 0.717) is 29.7 Å². The Morgan fingerprint density at radius 2 is 1.71 bits per heavy atom. The van der Waals surface area contributed by atoms with E-state index < -0.39 is 5.97 Å². The molecule has 0 fully saturated rings. The molecule has 0 atom stereocenters. The molecule has 0 saturated carbocycles. The predicted molar refractivity (Wildman–Crippen MR) is 90.0 cm³/mol. The standard InChI is InChI=1S/C18H18ClNO4/c1-10(2)24-18(23)14-9-11(7-8-15(14)19)20-16(21)12-5-3-4-6-13(12)17(20)22/h7-10H,3-6H2,1-2H3. The average molecular weight is 348 g/mol. The highest BCUT2D eigenvalue weighted by Gasteiger charge is 2.39. The number of nitrogens with zero attached hydrogens (tertiary/aromatic N) is 1. The van der Waals surface area contributed by atoms with Crippen LogP contribution in [0.3, 0.4) is 0 Å². The Balaban J connectivity index is 1.95. The van der Waals surface area contributed by atoms with Gasteiger partial charge in [0.05, 0.1) is 22.4 Å². The lowest BCUT2D eigenvalue weighted by molar-refractivity contribution is -0.120. The number of ether oxygens (including phenoxy) is 1. The highest BCUT2D eigenvalue weighted by molar-refractivity contribution is 6.35. The van der Waals surface area contributed by atoms with Gasteiger partial charge < -0.3 is 4.74 Å². The molecule has 0 aromatic heterocycles. The molecule has 2 aliphatic rings. The Hall–Kier alpha value is -2.14. The van der Waals surface area contributed by atoms with Crippen molar-refractivity contribution in [3.8, 4) is 0 Å². The van der Waals surface area contributed by atoms with Gasteiger partial charge in [-0.15, -0.1) is 0 Å². The second kappa shape index (κ2) is 6.40. The van der Waals surface area contributed by atoms with E-state index in [1.165, 1.54) is 12.1 Å². The van der Waals surface area contributed by atoms with Crippen molar-refractivity contribution in [2.75, 3.05) is 4.90 Å². The van der Waals surface area contributed by atoms with E-state index in [1.807, 2.05) is 0 Å². The molecule has 0 saturated heterocycles. The lowest BCUT2D eigenvalue weighted by Gasteiger charge is -2.17. The highest BCUT2D eigenvalue weighted by atomic mass is 35.5. The molecule has 6 heteroatoms. The molecular weight excluding hydrogens is 330 g/mol. The molecule has 1 aliphatic heterocycles. The molecule has 3 rings (SSSR count). The van der Waals surface area contributed by atoms with Crippen molar-refractivity contribution in [3.63, 3.8) is 0 Å². The second-order valence-corrected chi connectivity index (χ2v) is 6.64. The molecule has 0 N–H and O–H groups in total. The van der Waals surface area contributed by atoms with Gasteiger partial charge in [0, 0.05) is 11.1 Å². The minimum Gasteiger partial charge on any atom is -0.459 e. The number of esters is 1. The molecule has 1 aliphatic carbocycles. The van der Waals surface area contributed by atoms with Crippen LogP contribution in [0.4, 0.5) is 5.69 Å². The molecule has 5 nitrogen and oxygen atoms in total. The van der Waals surface area contributed by atoms with Crippen LogP contribution >= 0.6 is 11.6 Å². The van der Waals surface area contributed by atoms with Crippen LogP contribution in [0.2, 0.25) is 5.02 Å². The molecule has 0 spiro atoms. The fraction of sp³-hybridized carbons (Fsp3) is 0.389. The van der Waals surface area contributed by atoms with E-state index in [1.54, 1.807) is 19.9 Å². The molecule has 24 heavy (non-hydrogen) atoms. The zero-order chi connectivity index (χ0) is 17.4. The number of amides is 2. The molecule has 0 bridgehead atoms. The maximum absolute atomic E-state index is 12.6. The first-order valence-corrected chi connectivity index (χ1v) is 8.39. The molecule has 1 heterocycles. The van der Waals surface area contributed by atoms with Gasteiger partial charge in [0.15, 0.2) is 0 Å². The predicted octanol–water partition coefficient (Wildman–Crippen LogP) is 3.65. The van der Waals surface area contributed by atoms with E-state index in [0.717, 1.165) is 17.7 Å². The van der Waals surface area contributed by atoms with Gasteiger partial charge >= 0.3 is 5.97 Å². The van der Waals surface area contributed by atoms with Gasteiger partial charge in [0.25, 0.3) is 11.8 Å². The van der Waals surface area contributed by atoms with Gasteiger partial charge in [-0.25, -0.2) is 9.69 Å². The van der Waals surface area contributed by atoms with Crippen LogP contribution in [-0.2, 0) is 14.3 Å². The van der Waals surface area contributed by atoms with E-state index >= 15 is 0 Å². The second-order valence-electron chi connectivity index (χ2n) is 6.23. The van der Waals surface area contributed by atoms with E-state index in [4.69, 9.17) is 16.3 Å². The Morgan fingerprint density at radius 1 is 1.12 bits per heavy atom. The van der Waals surface area contributed by atoms with Gasteiger partial charge in [-0.05, 0) is 57.7 Å². The number of rotatable bonds is 3. The van der Waals surface area contributed by atoms with E-state index in [9.17, 15) is 14.4 Å². The minimum absolute atomic E-state index is 0.147. The third-order valence-corrected chi connectivity index (χ3v) is 4.49. The van der Waals surface area contributed by atoms with Crippen LogP contribution in [-0.4, -0.2) is 23.9 Å². The summed E-state index contributed by atoms with van der Waals surface area (Å²) in [5, 5.41) is 0.223. The molecule has 0 unspecified atom stereocenters. The number of halogens is 1. The average Bonchev–Trinajstić information content (AvgIpc) is 2.79. The van der Waals surface area contributed by atoms with Gasteiger partial charge in [-0.2, -0.15) is 0 Å². The zero-order valence-corrected chi connectivity index (χ0v) is 14.4. The summed E-state index contributed by atoms with van der Waals surface area (Å²) in [4.78, 5) is 38.5. The summed E-state index contributed by atoms with van der Waals surface area (Å²) in [7, 11) is 0. The van der Waals surface area contributed by atoms with Crippen LogP contribution in [0.25, 0.3) is 0 Å². The van der Waals surface area contributed by atoms with E-state index in [-0.39, 0.29) is 28.5 Å². The first kappa shape index (κ1) is 16.7. The van der Waals surface area contributed by atoms with Gasteiger partial charge in [0.2, 0.25) is 0 Å². The smallest absolute Gasteiger partial charge is 0.339 e. The van der Waals surface area contributed by atoms with Crippen molar-refractivity contribution < 1.29 is 19.1 Å². The number of hydrogen-bond acceptors (Lipinski definition) is 4. The van der Waals surface area contributed by atoms with Gasteiger partial charge in [0.1, 0.15) is 0 Å². The van der Waals surface area contributed by atoms with Crippen molar-refractivity contribution in [2.45, 2.75) is 45.6 Å². The number of benzene rings is 1. The van der Waals surface area contributed by atoms with E-state index in [2.05, 4.69) is 0 Å². The summed E-state index contributed by atoms with van der Waals surface area (Å²) in [6.45, 7) is 3.47. The van der Waals surface area contributed by atoms with Crippen LogP contribution in [0.5, 0.6) is 0 Å². The number of anilines is 1. The van der Waals surface area contributed by atoms with Crippen molar-refractivity contribution in [1.29, 1.82) is 0 Å². The summed E-state index contributed by atoms with van der Waals surface area (Å²) in [6.07, 6.45) is 2.80. The van der Waals surface area contributed by atoms with Crippen molar-refractivity contribution >= 4 is 35.1 Å². The van der Waals surface area contributed by atoms with Crippen LogP contribution in [0.15, 0.2) is 29.3 Å². The van der Waals surface area contributed by atoms with Crippen molar-refractivity contribution in [2.24, 2.45) is 0 Å². The topological polar surface area (TPSA) is 63.7 Å². The maximum atomic E-state index is 12.6. The maximum Gasteiger partial charge on any atom is 0.339 e. The van der Waals surface area contributed by atoms with Gasteiger partial charge in [-0.3, -0.25) is 9.59 Å². The quantitative estimate of drug-likeness (QED) is 0.618. The fourth-order valence-electron chi connectivity index (χ4n) is 3.06. The summed E-state index contributed by atoms with van der Waals surface area (Å²) in [6, 6.07) is 4.52. The first-order valence-electron chi connectivity index (χ1n) is 8.01. The molecule has 2 amide bonds. The SMILES string of the molecule is CC(C)OC(=O)c1cc(N2C(=O)C3=C(CCCC3)C2=O)ccc1Cl. The normalized spacial score (nSPS) is 17.6. The van der Waals surface area contributed by atoms with Gasteiger partial charge in [-0.1, -0.05) is 11.6 Å². The summed E-state index contributed by atoms with van der Waals surface area (Å²) < 4.78 is 5.16. The van der Waals surface area contributed by atoms with Crippen LogP contribution in [0, 0.1) is 0 Å². The van der Waals surface area contributed by atoms with Crippen LogP contribution < -0.4 is 4.90 Å². The number of carbonyl (C=O) groups excluding carboxylic acids is 3. The monoisotopic (exact) mass is 347 g/mol. The summed E-state index contributed by atoms with van der Waals surface area (Å²) in [5.74, 6) is -1.16. The fourth-order valence-corrected chi connectivity index (χ4v) is 3.26. The van der Waals surface area contributed by atoms with Crippen molar-refractivity contribution in [3.05, 3.63) is 39.9 Å². The Labute approximate surface area is 145 Å². The van der Waals surface area contributed by atoms with Crippen molar-refractivity contribution in [1.82, 2.24) is 0 Å². The number of hydrogen-bond donors (Lipinski definition) is 0. The number of imide groups is 1. The highest BCUT2D eigenvalue weighted by Crippen LogP contribution is 2.36. The number of carbonyl (C=O) groups is 3. The summed E-state index contributed by atoms with van der Waals surface area (Å²) in [5.41, 5.74) is 1.70. The lowest BCUT2D eigenvalue weighted by Crippen LogP contribution is -2.31.